The van der Waals surface area contributed by atoms with E-state index in [9.17, 15) is 4.79 Å². The second-order valence-corrected chi connectivity index (χ2v) is 6.09. The van der Waals surface area contributed by atoms with Gasteiger partial charge in [-0.2, -0.15) is 0 Å². The van der Waals surface area contributed by atoms with Crippen LogP contribution >= 0.6 is 38.9 Å². The zero-order valence-electron chi connectivity index (χ0n) is 10.7. The number of thiazole rings is 1. The molecule has 1 N–H and O–H groups in total. The standard InChI is InChI=1S/C13H12BrClN2O2S/c1-19-12(18)5-3-9-7-20-13(17-9)16-8-2-4-11(15)10(14)6-8/h2,4,6-7H,3,5H2,1H3,(H,16,17). The number of methoxy groups -OCH3 is 1. The smallest absolute Gasteiger partial charge is 0.305 e. The first-order chi connectivity index (χ1) is 9.58. The molecule has 7 heteroatoms. The number of aryl methyl sites for hydroxylation is 1. The van der Waals surface area contributed by atoms with Gasteiger partial charge in [0.1, 0.15) is 0 Å². The highest BCUT2D eigenvalue weighted by Crippen LogP contribution is 2.28. The van der Waals surface area contributed by atoms with Gasteiger partial charge in [-0.05, 0) is 34.1 Å². The van der Waals surface area contributed by atoms with Crippen molar-refractivity contribution in [2.75, 3.05) is 12.4 Å². The number of esters is 1. The molecule has 0 aliphatic heterocycles. The van der Waals surface area contributed by atoms with Gasteiger partial charge in [0.15, 0.2) is 5.13 Å². The average molecular weight is 376 g/mol. The number of hydrogen-bond acceptors (Lipinski definition) is 5. The number of carbonyl (C=O) groups excluding carboxylic acids is 1. The lowest BCUT2D eigenvalue weighted by Gasteiger charge is -2.04. The van der Waals surface area contributed by atoms with Gasteiger partial charge in [-0.1, -0.05) is 11.6 Å². The molecule has 1 heterocycles. The van der Waals surface area contributed by atoms with E-state index in [4.69, 9.17) is 11.6 Å². The lowest BCUT2D eigenvalue weighted by Crippen LogP contribution is -2.02. The van der Waals surface area contributed by atoms with Gasteiger partial charge in [-0.3, -0.25) is 4.79 Å². The number of rotatable bonds is 5. The predicted octanol–water partition coefficient (Wildman–Crippen LogP) is 4.41. The number of hydrogen-bond donors (Lipinski definition) is 1. The van der Waals surface area contributed by atoms with Gasteiger partial charge in [0.05, 0.1) is 24.2 Å². The number of nitrogens with one attached hydrogen (secondary N) is 1. The number of halogens is 2. The van der Waals surface area contributed by atoms with Crippen LogP contribution in [0.3, 0.4) is 0 Å². The fourth-order valence-electron chi connectivity index (χ4n) is 1.51. The molecule has 4 nitrogen and oxygen atoms in total. The molecular weight excluding hydrogens is 364 g/mol. The van der Waals surface area contributed by atoms with Gasteiger partial charge in [0, 0.05) is 22.0 Å². The first-order valence-electron chi connectivity index (χ1n) is 5.82. The van der Waals surface area contributed by atoms with Gasteiger partial charge >= 0.3 is 5.97 Å². The summed E-state index contributed by atoms with van der Waals surface area (Å²) >= 11 is 10.8. The van der Waals surface area contributed by atoms with E-state index in [0.29, 0.717) is 17.9 Å². The van der Waals surface area contributed by atoms with Crippen molar-refractivity contribution >= 4 is 55.7 Å². The molecule has 106 valence electrons. The Hall–Kier alpha value is -1.11. The van der Waals surface area contributed by atoms with Crippen molar-refractivity contribution in [3.05, 3.63) is 38.8 Å². The van der Waals surface area contributed by atoms with Crippen molar-refractivity contribution in [1.82, 2.24) is 4.98 Å². The maximum Gasteiger partial charge on any atom is 0.305 e. The molecule has 0 spiro atoms. The monoisotopic (exact) mass is 374 g/mol. The van der Waals surface area contributed by atoms with Gasteiger partial charge in [-0.15, -0.1) is 11.3 Å². The number of carbonyl (C=O) groups is 1. The number of nitrogens with zero attached hydrogens (tertiary/aromatic N) is 1. The lowest BCUT2D eigenvalue weighted by molar-refractivity contribution is -0.140. The van der Waals surface area contributed by atoms with Gasteiger partial charge in [0.25, 0.3) is 0 Å². The maximum absolute atomic E-state index is 11.1. The summed E-state index contributed by atoms with van der Waals surface area (Å²) in [5.41, 5.74) is 1.77. The third-order valence-corrected chi connectivity index (χ3v) is 4.56. The molecule has 2 aromatic rings. The van der Waals surface area contributed by atoms with Crippen LogP contribution in [0.25, 0.3) is 0 Å². The third kappa shape index (κ3) is 4.19. The maximum atomic E-state index is 11.1. The quantitative estimate of drug-likeness (QED) is 0.787. The Morgan fingerprint density at radius 2 is 2.35 bits per heavy atom. The molecule has 0 aliphatic rings. The van der Waals surface area contributed by atoms with Gasteiger partial charge in [-0.25, -0.2) is 4.98 Å². The molecule has 0 atom stereocenters. The Balaban J connectivity index is 1.98. The molecule has 0 fully saturated rings. The molecule has 1 aromatic heterocycles. The number of benzene rings is 1. The van der Waals surface area contributed by atoms with E-state index in [1.54, 1.807) is 6.07 Å². The topological polar surface area (TPSA) is 51.2 Å². The van der Waals surface area contributed by atoms with E-state index in [1.807, 2.05) is 17.5 Å². The molecule has 0 saturated heterocycles. The molecular formula is C13H12BrClN2O2S. The summed E-state index contributed by atoms with van der Waals surface area (Å²) in [6.07, 6.45) is 0.918. The lowest BCUT2D eigenvalue weighted by atomic mass is 10.2. The van der Waals surface area contributed by atoms with E-state index in [0.717, 1.165) is 21.0 Å². The van der Waals surface area contributed by atoms with Crippen molar-refractivity contribution < 1.29 is 9.53 Å². The van der Waals surface area contributed by atoms with Crippen LogP contribution in [0, 0.1) is 0 Å². The summed E-state index contributed by atoms with van der Waals surface area (Å²) in [6, 6.07) is 5.57. The van der Waals surface area contributed by atoms with E-state index in [2.05, 4.69) is 31.0 Å². The highest BCUT2D eigenvalue weighted by Gasteiger charge is 2.06. The van der Waals surface area contributed by atoms with E-state index < -0.39 is 0 Å². The van der Waals surface area contributed by atoms with Crippen LogP contribution in [0.4, 0.5) is 10.8 Å². The molecule has 1 aromatic carbocycles. The fraction of sp³-hybridized carbons (Fsp3) is 0.231. The summed E-state index contributed by atoms with van der Waals surface area (Å²) in [5, 5.41) is 6.56. The summed E-state index contributed by atoms with van der Waals surface area (Å²) in [5.74, 6) is -0.228. The molecule has 20 heavy (non-hydrogen) atoms. The van der Waals surface area contributed by atoms with Crippen molar-refractivity contribution in [3.8, 4) is 0 Å². The zero-order valence-corrected chi connectivity index (χ0v) is 13.8. The highest BCUT2D eigenvalue weighted by atomic mass is 79.9. The number of ether oxygens (including phenoxy) is 1. The zero-order chi connectivity index (χ0) is 14.5. The van der Waals surface area contributed by atoms with Crippen molar-refractivity contribution in [2.45, 2.75) is 12.8 Å². The predicted molar refractivity (Wildman–Crippen MR) is 84.9 cm³/mol. The Morgan fingerprint density at radius 3 is 3.05 bits per heavy atom. The Labute approximate surface area is 134 Å². The van der Waals surface area contributed by atoms with Gasteiger partial charge in [0.2, 0.25) is 0 Å². The second-order valence-electron chi connectivity index (χ2n) is 3.97. The average Bonchev–Trinajstić information content (AvgIpc) is 2.88. The van der Waals surface area contributed by atoms with Crippen LogP contribution in [0.1, 0.15) is 12.1 Å². The Kier molecular flexibility index (Phi) is 5.39. The van der Waals surface area contributed by atoms with Crippen LogP contribution < -0.4 is 5.32 Å². The molecule has 0 radical (unpaired) electrons. The van der Waals surface area contributed by atoms with Crippen molar-refractivity contribution in [3.63, 3.8) is 0 Å². The normalized spacial score (nSPS) is 10.3. The van der Waals surface area contributed by atoms with Crippen LogP contribution in [0.5, 0.6) is 0 Å². The Bertz CT molecular complexity index is 618. The molecule has 0 unspecified atom stereocenters. The molecule has 0 amide bonds. The summed E-state index contributed by atoms with van der Waals surface area (Å²) < 4.78 is 5.43. The van der Waals surface area contributed by atoms with E-state index in [-0.39, 0.29) is 5.97 Å². The van der Waals surface area contributed by atoms with Crippen molar-refractivity contribution in [2.24, 2.45) is 0 Å². The van der Waals surface area contributed by atoms with Gasteiger partial charge < -0.3 is 10.1 Å². The summed E-state index contributed by atoms with van der Waals surface area (Å²) in [6.45, 7) is 0. The first kappa shape index (κ1) is 15.3. The van der Waals surface area contributed by atoms with Crippen molar-refractivity contribution in [1.29, 1.82) is 0 Å². The minimum atomic E-state index is -0.228. The molecule has 2 rings (SSSR count). The third-order valence-electron chi connectivity index (χ3n) is 2.54. The van der Waals surface area contributed by atoms with Crippen LogP contribution in [0.15, 0.2) is 28.1 Å². The fourth-order valence-corrected chi connectivity index (χ4v) is 2.77. The highest BCUT2D eigenvalue weighted by molar-refractivity contribution is 9.10. The van der Waals surface area contributed by atoms with Crippen LogP contribution in [-0.4, -0.2) is 18.1 Å². The Morgan fingerprint density at radius 1 is 1.55 bits per heavy atom. The van der Waals surface area contributed by atoms with Crippen LogP contribution in [0.2, 0.25) is 5.02 Å². The molecule has 0 aliphatic carbocycles. The summed E-state index contributed by atoms with van der Waals surface area (Å²) in [7, 11) is 1.38. The van der Waals surface area contributed by atoms with E-state index in [1.165, 1.54) is 18.4 Å². The minimum absolute atomic E-state index is 0.228. The van der Waals surface area contributed by atoms with Crippen LogP contribution in [-0.2, 0) is 16.0 Å². The SMILES string of the molecule is COC(=O)CCc1csc(Nc2ccc(Cl)c(Br)c2)n1. The largest absolute Gasteiger partial charge is 0.469 e. The molecule has 0 bridgehead atoms. The second kappa shape index (κ2) is 7.06. The number of anilines is 2. The number of aromatic nitrogens is 1. The van der Waals surface area contributed by atoms with E-state index >= 15 is 0 Å². The first-order valence-corrected chi connectivity index (χ1v) is 7.87. The molecule has 0 saturated carbocycles. The summed E-state index contributed by atoms with van der Waals surface area (Å²) in [4.78, 5) is 15.5. The minimum Gasteiger partial charge on any atom is -0.469 e.